The van der Waals surface area contributed by atoms with Crippen molar-refractivity contribution < 1.29 is 17.6 Å². The number of carbonyl (C=O) groups excluding carboxylic acids is 1. The molecule has 0 aliphatic carbocycles. The summed E-state index contributed by atoms with van der Waals surface area (Å²) in [6.07, 6.45) is 0. The summed E-state index contributed by atoms with van der Waals surface area (Å²) in [7, 11) is -3.16. The average molecular weight is 404 g/mol. The van der Waals surface area contributed by atoms with Crippen LogP contribution in [0.25, 0.3) is 0 Å². The van der Waals surface area contributed by atoms with Gasteiger partial charge in [-0.1, -0.05) is 36.0 Å². The first-order valence-corrected chi connectivity index (χ1v) is 11.1. The number of amides is 1. The Hall–Kier alpha value is -2.19. The third kappa shape index (κ3) is 3.51. The number of amidine groups is 1. The zero-order valence-electron chi connectivity index (χ0n) is 14.5. The number of rotatable bonds is 2. The Morgan fingerprint density at radius 3 is 2.63 bits per heavy atom. The Bertz CT molecular complexity index is 1040. The normalized spacial score (nSPS) is 25.0. The lowest BCUT2D eigenvalue weighted by Crippen LogP contribution is -2.37. The Balaban J connectivity index is 1.75. The molecule has 5 nitrogen and oxygen atoms in total. The van der Waals surface area contributed by atoms with Gasteiger partial charge in [-0.3, -0.25) is 4.79 Å². The summed E-state index contributed by atoms with van der Waals surface area (Å²) >= 11 is 1.27. The molecule has 0 radical (unpaired) electrons. The summed E-state index contributed by atoms with van der Waals surface area (Å²) in [4.78, 5) is 18.5. The van der Waals surface area contributed by atoms with E-state index in [9.17, 15) is 17.6 Å². The summed E-state index contributed by atoms with van der Waals surface area (Å²) in [6.45, 7) is 1.66. The molecule has 27 heavy (non-hydrogen) atoms. The number of halogens is 1. The van der Waals surface area contributed by atoms with E-state index in [1.54, 1.807) is 48.2 Å². The maximum atomic E-state index is 14.1. The molecule has 2 aliphatic rings. The van der Waals surface area contributed by atoms with Crippen LogP contribution >= 0.6 is 11.8 Å². The minimum absolute atomic E-state index is 0.0291. The molecule has 0 N–H and O–H groups in total. The minimum atomic E-state index is -3.16. The van der Waals surface area contributed by atoms with Gasteiger partial charge in [0.1, 0.15) is 5.82 Å². The van der Waals surface area contributed by atoms with Crippen LogP contribution in [0.4, 0.5) is 10.1 Å². The maximum Gasteiger partial charge on any atom is 0.279 e. The van der Waals surface area contributed by atoms with E-state index in [2.05, 4.69) is 4.99 Å². The van der Waals surface area contributed by atoms with Gasteiger partial charge >= 0.3 is 0 Å². The molecule has 1 amide bonds. The molecule has 0 saturated carbocycles. The fourth-order valence-electron chi connectivity index (χ4n) is 3.33. The van der Waals surface area contributed by atoms with Crippen molar-refractivity contribution in [2.24, 2.45) is 4.99 Å². The molecule has 4 rings (SSSR count). The number of nitrogens with zero attached hydrogens (tertiary/aromatic N) is 2. The van der Waals surface area contributed by atoms with Crippen LogP contribution in [0.2, 0.25) is 0 Å². The Morgan fingerprint density at radius 1 is 1.19 bits per heavy atom. The molecule has 2 aromatic carbocycles. The van der Waals surface area contributed by atoms with E-state index in [1.165, 1.54) is 17.8 Å². The van der Waals surface area contributed by atoms with Crippen molar-refractivity contribution in [2.45, 2.75) is 18.2 Å². The first-order chi connectivity index (χ1) is 12.8. The van der Waals surface area contributed by atoms with Crippen molar-refractivity contribution in [3.05, 3.63) is 65.5 Å². The van der Waals surface area contributed by atoms with E-state index < -0.39 is 15.7 Å². The molecular formula is C19H17FN2O3S2. The number of sulfone groups is 1. The zero-order chi connectivity index (χ0) is 19.2. The monoisotopic (exact) mass is 404 g/mol. The van der Waals surface area contributed by atoms with Gasteiger partial charge in [-0.15, -0.1) is 0 Å². The van der Waals surface area contributed by atoms with Gasteiger partial charge in [-0.05, 0) is 36.8 Å². The average Bonchev–Trinajstić information content (AvgIpc) is 3.09. The topological polar surface area (TPSA) is 66.8 Å². The van der Waals surface area contributed by atoms with Crippen molar-refractivity contribution in [2.75, 3.05) is 16.4 Å². The second kappa shape index (κ2) is 6.76. The highest BCUT2D eigenvalue weighted by atomic mass is 32.2. The molecule has 140 valence electrons. The van der Waals surface area contributed by atoms with E-state index in [4.69, 9.17) is 0 Å². The molecule has 2 atom stereocenters. The first-order valence-electron chi connectivity index (χ1n) is 8.44. The Labute approximate surface area is 161 Å². The number of hydrogen-bond acceptors (Lipinski definition) is 4. The number of hydrogen-bond donors (Lipinski definition) is 0. The predicted molar refractivity (Wildman–Crippen MR) is 106 cm³/mol. The molecule has 2 aliphatic heterocycles. The highest BCUT2D eigenvalue weighted by molar-refractivity contribution is 8.16. The van der Waals surface area contributed by atoms with Crippen molar-refractivity contribution in [3.8, 4) is 0 Å². The molecule has 8 heteroatoms. The highest BCUT2D eigenvalue weighted by Crippen LogP contribution is 2.41. The van der Waals surface area contributed by atoms with Crippen molar-refractivity contribution >= 4 is 38.4 Å². The lowest BCUT2D eigenvalue weighted by molar-refractivity contribution is 0.100. The predicted octanol–water partition coefficient (Wildman–Crippen LogP) is 3.05. The fourth-order valence-corrected chi connectivity index (χ4v) is 7.24. The van der Waals surface area contributed by atoms with Gasteiger partial charge in [-0.25, -0.2) is 12.8 Å². The molecule has 0 bridgehead atoms. The van der Waals surface area contributed by atoms with Crippen LogP contribution in [0, 0.1) is 12.7 Å². The molecule has 2 heterocycles. The van der Waals surface area contributed by atoms with Gasteiger partial charge in [-0.2, -0.15) is 4.99 Å². The Morgan fingerprint density at radius 2 is 1.93 bits per heavy atom. The van der Waals surface area contributed by atoms with Gasteiger partial charge < -0.3 is 4.90 Å². The van der Waals surface area contributed by atoms with Gasteiger partial charge in [0, 0.05) is 16.5 Å². The first kappa shape index (κ1) is 18.2. The second-order valence-electron chi connectivity index (χ2n) is 6.67. The molecule has 0 unspecified atom stereocenters. The second-order valence-corrected chi connectivity index (χ2v) is 10.0. The van der Waals surface area contributed by atoms with E-state index in [0.29, 0.717) is 22.0 Å². The van der Waals surface area contributed by atoms with Gasteiger partial charge in [0.05, 0.1) is 17.5 Å². The number of aryl methyl sites for hydroxylation is 1. The van der Waals surface area contributed by atoms with Gasteiger partial charge in [0.2, 0.25) is 0 Å². The van der Waals surface area contributed by atoms with Crippen LogP contribution in [0.3, 0.4) is 0 Å². The summed E-state index contributed by atoms with van der Waals surface area (Å²) in [5, 5.41) is 0.193. The van der Waals surface area contributed by atoms with Crippen molar-refractivity contribution in [3.63, 3.8) is 0 Å². The maximum absolute atomic E-state index is 14.1. The van der Waals surface area contributed by atoms with Crippen LogP contribution in [0.5, 0.6) is 0 Å². The third-order valence-corrected chi connectivity index (χ3v) is 7.93. The molecule has 0 spiro atoms. The summed E-state index contributed by atoms with van der Waals surface area (Å²) in [6, 6.07) is 13.0. The molecule has 2 aromatic rings. The van der Waals surface area contributed by atoms with Gasteiger partial charge in [0.25, 0.3) is 5.91 Å². The molecular weight excluding hydrogens is 387 g/mol. The Kier molecular flexibility index (Phi) is 4.55. The molecule has 0 aromatic heterocycles. The summed E-state index contributed by atoms with van der Waals surface area (Å²) < 4.78 is 38.3. The van der Waals surface area contributed by atoms with Crippen molar-refractivity contribution in [1.29, 1.82) is 0 Å². The molecule has 2 saturated heterocycles. The van der Waals surface area contributed by atoms with Crippen LogP contribution in [0.15, 0.2) is 53.5 Å². The number of benzene rings is 2. The smallest absolute Gasteiger partial charge is 0.279 e. The number of thioether (sulfide) groups is 1. The summed E-state index contributed by atoms with van der Waals surface area (Å²) in [5.41, 5.74) is 1.46. The SMILES string of the molecule is Cc1ccc(N2C(=NC(=O)c3ccccc3)S[C@H]3CS(=O)(=O)C[C@@H]32)cc1F. The van der Waals surface area contributed by atoms with Crippen LogP contribution in [0.1, 0.15) is 15.9 Å². The number of aliphatic imine (C=N–C) groups is 1. The van der Waals surface area contributed by atoms with E-state index in [1.807, 2.05) is 6.07 Å². The largest absolute Gasteiger partial charge is 0.315 e. The lowest BCUT2D eigenvalue weighted by Gasteiger charge is -2.24. The van der Waals surface area contributed by atoms with E-state index in [-0.39, 0.29) is 28.6 Å². The number of fused-ring (bicyclic) bond motifs is 1. The number of anilines is 1. The molecule has 2 fully saturated rings. The van der Waals surface area contributed by atoms with E-state index in [0.717, 1.165) is 0 Å². The van der Waals surface area contributed by atoms with Crippen LogP contribution in [-0.4, -0.2) is 42.3 Å². The summed E-state index contributed by atoms with van der Waals surface area (Å²) in [5.74, 6) is -0.779. The quantitative estimate of drug-likeness (QED) is 0.770. The lowest BCUT2D eigenvalue weighted by atomic mass is 10.1. The van der Waals surface area contributed by atoms with Crippen molar-refractivity contribution in [1.82, 2.24) is 0 Å². The highest BCUT2D eigenvalue weighted by Gasteiger charge is 2.49. The number of carbonyl (C=O) groups is 1. The van der Waals surface area contributed by atoms with Crippen LogP contribution < -0.4 is 4.90 Å². The van der Waals surface area contributed by atoms with E-state index >= 15 is 0 Å². The minimum Gasteiger partial charge on any atom is -0.315 e. The third-order valence-electron chi connectivity index (χ3n) is 4.72. The van der Waals surface area contributed by atoms with Crippen LogP contribution in [-0.2, 0) is 9.84 Å². The van der Waals surface area contributed by atoms with Gasteiger partial charge in [0.15, 0.2) is 15.0 Å². The fraction of sp³-hybridized carbons (Fsp3) is 0.263. The zero-order valence-corrected chi connectivity index (χ0v) is 16.1. The standard InChI is InChI=1S/C19H17FN2O3S2/c1-12-7-8-14(9-15(12)20)22-16-10-27(24,25)11-17(16)26-19(22)21-18(23)13-5-3-2-4-6-13/h2-9,16-17H,10-11H2,1H3/t16-,17-/m0/s1.